The summed E-state index contributed by atoms with van der Waals surface area (Å²) < 4.78 is 38.6. The lowest BCUT2D eigenvalue weighted by atomic mass is 9.87. The molecule has 0 aromatic carbocycles. The number of alkyl halides is 3. The van der Waals surface area contributed by atoms with E-state index in [0.29, 0.717) is 43.0 Å². The average Bonchev–Trinajstić information content (AvgIpc) is 2.87. The first kappa shape index (κ1) is 25.9. The molecular formula is C25H31F3N6O2. The zero-order chi connectivity index (χ0) is 25.7. The van der Waals surface area contributed by atoms with Crippen molar-refractivity contribution in [3.05, 3.63) is 53.5 Å². The Kier molecular flexibility index (Phi) is 8.07. The Hall–Kier alpha value is -3.21. The molecule has 0 aliphatic carbocycles. The second-order valence-electron chi connectivity index (χ2n) is 9.33. The normalized spacial score (nSPS) is 18.9. The summed E-state index contributed by atoms with van der Waals surface area (Å²) in [6.07, 6.45) is 1.36. The number of nitrogen functional groups attached to an aromatic ring is 1. The lowest BCUT2D eigenvalue weighted by Crippen LogP contribution is -2.46. The Morgan fingerprint density at radius 2 is 1.78 bits per heavy atom. The lowest BCUT2D eigenvalue weighted by Gasteiger charge is -2.37. The zero-order valence-corrected chi connectivity index (χ0v) is 20.2. The van der Waals surface area contributed by atoms with E-state index in [1.165, 1.54) is 19.4 Å². The van der Waals surface area contributed by atoms with Crippen LogP contribution in [0.4, 0.5) is 19.0 Å². The molecule has 0 radical (unpaired) electrons. The van der Waals surface area contributed by atoms with Crippen LogP contribution in [0.25, 0.3) is 0 Å². The molecule has 2 aromatic heterocycles. The molecule has 8 nitrogen and oxygen atoms in total. The van der Waals surface area contributed by atoms with Gasteiger partial charge in [-0.15, -0.1) is 0 Å². The van der Waals surface area contributed by atoms with Crippen molar-refractivity contribution in [2.75, 3.05) is 39.0 Å². The molecule has 11 heteroatoms. The molecule has 0 saturated carbocycles. The maximum Gasteiger partial charge on any atom is 0.433 e. The number of oxime groups is 1. The van der Waals surface area contributed by atoms with E-state index < -0.39 is 11.9 Å². The predicted octanol–water partition coefficient (Wildman–Crippen LogP) is 3.58. The second kappa shape index (κ2) is 11.2. The number of hydrogen-bond donors (Lipinski definition) is 1. The molecule has 36 heavy (non-hydrogen) atoms. The number of anilines is 1. The molecule has 1 amide bonds. The lowest BCUT2D eigenvalue weighted by molar-refractivity contribution is -0.141. The van der Waals surface area contributed by atoms with Crippen LogP contribution in [-0.2, 0) is 22.4 Å². The van der Waals surface area contributed by atoms with Gasteiger partial charge in [0.2, 0.25) is 5.91 Å². The van der Waals surface area contributed by atoms with Gasteiger partial charge in [-0.1, -0.05) is 5.16 Å². The summed E-state index contributed by atoms with van der Waals surface area (Å²) in [5.41, 5.74) is 7.01. The van der Waals surface area contributed by atoms with Gasteiger partial charge in [0.15, 0.2) is 0 Å². The summed E-state index contributed by atoms with van der Waals surface area (Å²) in [4.78, 5) is 30.0. The van der Waals surface area contributed by atoms with Crippen LogP contribution >= 0.6 is 0 Å². The van der Waals surface area contributed by atoms with Gasteiger partial charge in [0.05, 0.1) is 5.71 Å². The number of halogens is 3. The van der Waals surface area contributed by atoms with Gasteiger partial charge in [-0.2, -0.15) is 13.2 Å². The molecule has 2 aliphatic rings. The van der Waals surface area contributed by atoms with Gasteiger partial charge in [-0.3, -0.25) is 14.7 Å². The van der Waals surface area contributed by atoms with E-state index in [4.69, 9.17) is 10.6 Å². The van der Waals surface area contributed by atoms with Crippen molar-refractivity contribution in [2.24, 2.45) is 17.0 Å². The molecule has 2 saturated heterocycles. The summed E-state index contributed by atoms with van der Waals surface area (Å²) in [7, 11) is 1.41. The van der Waals surface area contributed by atoms with Crippen molar-refractivity contribution in [2.45, 2.75) is 38.4 Å². The predicted molar refractivity (Wildman–Crippen MR) is 129 cm³/mol. The van der Waals surface area contributed by atoms with E-state index in [1.54, 1.807) is 6.20 Å². The third-order valence-electron chi connectivity index (χ3n) is 6.92. The van der Waals surface area contributed by atoms with Crippen molar-refractivity contribution >= 4 is 17.4 Å². The van der Waals surface area contributed by atoms with Gasteiger partial charge in [0, 0.05) is 49.4 Å². The van der Waals surface area contributed by atoms with Crippen LogP contribution < -0.4 is 5.73 Å². The maximum atomic E-state index is 13.2. The largest absolute Gasteiger partial charge is 0.433 e. The number of hydrogen-bond acceptors (Lipinski definition) is 7. The highest BCUT2D eigenvalue weighted by Crippen LogP contribution is 2.29. The Morgan fingerprint density at radius 1 is 1.08 bits per heavy atom. The highest BCUT2D eigenvalue weighted by atomic mass is 19.4. The van der Waals surface area contributed by atoms with Crippen LogP contribution in [0.3, 0.4) is 0 Å². The van der Waals surface area contributed by atoms with E-state index in [0.717, 1.165) is 44.1 Å². The first-order valence-corrected chi connectivity index (χ1v) is 12.1. The molecule has 2 aromatic rings. The smallest absolute Gasteiger partial charge is 0.399 e. The number of nitrogens with zero attached hydrogens (tertiary/aromatic N) is 5. The summed E-state index contributed by atoms with van der Waals surface area (Å²) in [6.45, 7) is 3.65. The Balaban J connectivity index is 1.29. The number of rotatable bonds is 6. The topological polar surface area (TPSA) is 96.9 Å². The van der Waals surface area contributed by atoms with Gasteiger partial charge < -0.3 is 15.5 Å². The minimum absolute atomic E-state index is 0.00605. The average molecular weight is 505 g/mol. The molecule has 0 spiro atoms. The third kappa shape index (κ3) is 6.31. The van der Waals surface area contributed by atoms with Gasteiger partial charge in [-0.05, 0) is 68.6 Å². The number of likely N-dealkylation sites (tertiary alicyclic amines) is 2. The molecule has 0 unspecified atom stereocenters. The molecule has 0 bridgehead atoms. The quantitative estimate of drug-likeness (QED) is 0.477. The molecule has 4 rings (SSSR count). The van der Waals surface area contributed by atoms with Crippen LogP contribution in [0.15, 0.2) is 41.8 Å². The van der Waals surface area contributed by atoms with Crippen LogP contribution in [0.2, 0.25) is 0 Å². The summed E-state index contributed by atoms with van der Waals surface area (Å²) in [5, 5.41) is 4.09. The second-order valence-corrected chi connectivity index (χ2v) is 9.33. The molecule has 2 N–H and O–H groups in total. The van der Waals surface area contributed by atoms with E-state index in [9.17, 15) is 18.0 Å². The number of carbonyl (C=O) groups excluding carboxylic acids is 1. The summed E-state index contributed by atoms with van der Waals surface area (Å²) in [5.74, 6) is 0.672. The molecule has 4 heterocycles. The monoisotopic (exact) mass is 504 g/mol. The minimum Gasteiger partial charge on any atom is -0.399 e. The summed E-state index contributed by atoms with van der Waals surface area (Å²) >= 11 is 0. The fraction of sp³-hybridized carbons (Fsp3) is 0.520. The summed E-state index contributed by atoms with van der Waals surface area (Å²) in [6, 6.07) is 6.16. The van der Waals surface area contributed by atoms with E-state index in [2.05, 4.69) is 20.0 Å². The Bertz CT molecular complexity index is 1060. The van der Waals surface area contributed by atoms with Crippen LogP contribution in [-0.4, -0.2) is 64.7 Å². The van der Waals surface area contributed by atoms with E-state index >= 15 is 0 Å². The first-order chi connectivity index (χ1) is 17.2. The number of pyridine rings is 2. The van der Waals surface area contributed by atoms with Gasteiger partial charge >= 0.3 is 6.18 Å². The molecule has 2 fully saturated rings. The van der Waals surface area contributed by atoms with Crippen molar-refractivity contribution in [1.82, 2.24) is 19.8 Å². The number of aromatic nitrogens is 2. The third-order valence-corrected chi connectivity index (χ3v) is 6.92. The maximum absolute atomic E-state index is 13.2. The first-order valence-electron chi connectivity index (χ1n) is 12.1. The van der Waals surface area contributed by atoms with Crippen LogP contribution in [0.1, 0.15) is 42.5 Å². The van der Waals surface area contributed by atoms with E-state index in [1.807, 2.05) is 17.0 Å². The Labute approximate surface area is 208 Å². The minimum atomic E-state index is -4.49. The van der Waals surface area contributed by atoms with Crippen molar-refractivity contribution < 1.29 is 22.8 Å². The molecule has 194 valence electrons. The number of amides is 1. The van der Waals surface area contributed by atoms with Gasteiger partial charge in [-0.25, -0.2) is 4.98 Å². The number of carbonyl (C=O) groups is 1. The highest BCUT2D eigenvalue weighted by Gasteiger charge is 2.34. The Morgan fingerprint density at radius 3 is 2.36 bits per heavy atom. The van der Waals surface area contributed by atoms with Crippen molar-refractivity contribution in [3.8, 4) is 0 Å². The fourth-order valence-electron chi connectivity index (χ4n) is 4.99. The van der Waals surface area contributed by atoms with Crippen LogP contribution in [0, 0.1) is 11.8 Å². The van der Waals surface area contributed by atoms with Gasteiger partial charge in [0.1, 0.15) is 18.6 Å². The van der Waals surface area contributed by atoms with Crippen molar-refractivity contribution in [1.29, 1.82) is 0 Å². The molecule has 2 aliphatic heterocycles. The number of nitrogens with two attached hydrogens (primary N) is 1. The molecule has 0 atom stereocenters. The fourth-order valence-corrected chi connectivity index (χ4v) is 4.99. The van der Waals surface area contributed by atoms with E-state index in [-0.39, 0.29) is 17.7 Å². The SMILES string of the molecule is CO/N=C(/c1ccc(C(F)(F)F)nc1)C1CCN(C(=O)C2CCN(Cc3ccnc(N)c3)CC2)CC1. The van der Waals surface area contributed by atoms with Crippen LogP contribution in [0.5, 0.6) is 0 Å². The molecular weight excluding hydrogens is 473 g/mol. The standard InChI is InChI=1S/C25H31F3N6O2/c1-36-32-23(20-2-3-21(31-15-20)25(26,27)28)18-7-12-34(13-8-18)24(35)19-5-10-33(11-6-19)16-17-4-9-30-22(29)14-17/h2-4,9,14-15,18-19H,5-8,10-13,16H2,1H3,(H2,29,30)/b32-23+. The number of piperidine rings is 2. The van der Waals surface area contributed by atoms with Crippen molar-refractivity contribution in [3.63, 3.8) is 0 Å². The van der Waals surface area contributed by atoms with Gasteiger partial charge in [0.25, 0.3) is 0 Å². The highest BCUT2D eigenvalue weighted by molar-refractivity contribution is 6.01. The zero-order valence-electron chi connectivity index (χ0n) is 20.2.